The Morgan fingerprint density at radius 1 is 1.29 bits per heavy atom. The van der Waals surface area contributed by atoms with Crippen LogP contribution in [0, 0.1) is 5.92 Å². The fraction of sp³-hybridized carbons (Fsp3) is 0.500. The molecule has 2 rings (SSSR count). The minimum absolute atomic E-state index is 0.202. The second-order valence-electron chi connectivity index (χ2n) is 4.49. The zero-order valence-corrected chi connectivity index (χ0v) is 10.9. The van der Waals surface area contributed by atoms with Crippen molar-refractivity contribution in [3.63, 3.8) is 0 Å². The molecule has 0 radical (unpaired) electrons. The van der Waals surface area contributed by atoms with Crippen LogP contribution in [0.1, 0.15) is 19.3 Å². The van der Waals surface area contributed by atoms with E-state index in [1.807, 2.05) is 0 Å². The van der Waals surface area contributed by atoms with Crippen molar-refractivity contribution in [2.75, 3.05) is 17.6 Å². The summed E-state index contributed by atoms with van der Waals surface area (Å²) >= 11 is 11.8. The van der Waals surface area contributed by atoms with Gasteiger partial charge in [0.05, 0.1) is 27.5 Å². The highest BCUT2D eigenvalue weighted by molar-refractivity contribution is 6.42. The van der Waals surface area contributed by atoms with Gasteiger partial charge >= 0.3 is 0 Å². The number of rotatable bonds is 3. The van der Waals surface area contributed by atoms with Crippen LogP contribution in [0.5, 0.6) is 0 Å². The molecule has 2 atom stereocenters. The lowest BCUT2D eigenvalue weighted by atomic mass is 10.1. The Morgan fingerprint density at radius 2 is 2.00 bits per heavy atom. The predicted molar refractivity (Wildman–Crippen MR) is 72.7 cm³/mol. The zero-order chi connectivity index (χ0) is 12.4. The zero-order valence-electron chi connectivity index (χ0n) is 9.42. The molecule has 1 aliphatic carbocycles. The third kappa shape index (κ3) is 2.97. The van der Waals surface area contributed by atoms with Crippen LogP contribution in [-0.2, 0) is 0 Å². The van der Waals surface area contributed by atoms with Crippen LogP contribution in [0.2, 0.25) is 10.0 Å². The number of benzene rings is 1. The van der Waals surface area contributed by atoms with Gasteiger partial charge in [0.25, 0.3) is 0 Å². The van der Waals surface area contributed by atoms with Gasteiger partial charge in [0.15, 0.2) is 0 Å². The molecule has 3 nitrogen and oxygen atoms in total. The summed E-state index contributed by atoms with van der Waals surface area (Å²) in [5, 5.41) is 13.9. The van der Waals surface area contributed by atoms with Crippen LogP contribution < -0.4 is 11.1 Å². The predicted octanol–water partition coefficient (Wildman–Crippen LogP) is 3.15. The number of aliphatic hydroxyl groups is 1. The highest BCUT2D eigenvalue weighted by Crippen LogP contribution is 2.32. The van der Waals surface area contributed by atoms with Crippen molar-refractivity contribution in [1.29, 1.82) is 0 Å². The van der Waals surface area contributed by atoms with Gasteiger partial charge < -0.3 is 16.2 Å². The van der Waals surface area contributed by atoms with Crippen molar-refractivity contribution in [3.05, 3.63) is 22.2 Å². The fourth-order valence-corrected chi connectivity index (χ4v) is 2.55. The van der Waals surface area contributed by atoms with E-state index in [9.17, 15) is 5.11 Å². The summed E-state index contributed by atoms with van der Waals surface area (Å²) < 4.78 is 0. The lowest BCUT2D eigenvalue weighted by Gasteiger charge is -2.17. The quantitative estimate of drug-likeness (QED) is 0.743. The molecule has 0 aliphatic heterocycles. The third-order valence-corrected chi connectivity index (χ3v) is 3.99. The molecule has 0 amide bonds. The first-order valence-corrected chi connectivity index (χ1v) is 6.50. The van der Waals surface area contributed by atoms with Gasteiger partial charge in [-0.25, -0.2) is 0 Å². The van der Waals surface area contributed by atoms with Crippen LogP contribution in [0.3, 0.4) is 0 Å². The van der Waals surface area contributed by atoms with E-state index in [1.54, 1.807) is 12.1 Å². The van der Waals surface area contributed by atoms with Crippen LogP contribution in [-0.4, -0.2) is 17.8 Å². The molecular formula is C12H16Cl2N2O. The molecule has 2 unspecified atom stereocenters. The summed E-state index contributed by atoms with van der Waals surface area (Å²) in [6.07, 6.45) is 2.83. The van der Waals surface area contributed by atoms with Crippen molar-refractivity contribution >= 4 is 34.6 Å². The molecule has 94 valence electrons. The lowest BCUT2D eigenvalue weighted by molar-refractivity contribution is 0.138. The molecule has 4 N–H and O–H groups in total. The lowest BCUT2D eigenvalue weighted by Crippen LogP contribution is -2.22. The summed E-state index contributed by atoms with van der Waals surface area (Å²) in [7, 11) is 0. The normalized spacial score (nSPS) is 23.9. The number of halogens is 2. The van der Waals surface area contributed by atoms with Gasteiger partial charge in [0.1, 0.15) is 0 Å². The summed E-state index contributed by atoms with van der Waals surface area (Å²) in [4.78, 5) is 0. The van der Waals surface area contributed by atoms with Gasteiger partial charge in [-0.05, 0) is 25.0 Å². The van der Waals surface area contributed by atoms with Crippen LogP contribution in [0.15, 0.2) is 12.1 Å². The molecular weight excluding hydrogens is 259 g/mol. The average Bonchev–Trinajstić information content (AvgIpc) is 2.68. The highest BCUT2D eigenvalue weighted by Gasteiger charge is 2.24. The Hall–Kier alpha value is -0.640. The van der Waals surface area contributed by atoms with Gasteiger partial charge in [-0.1, -0.05) is 29.6 Å². The molecule has 1 fully saturated rings. The first kappa shape index (κ1) is 12.8. The summed E-state index contributed by atoms with van der Waals surface area (Å²) in [6, 6.07) is 3.36. The minimum atomic E-state index is -0.202. The standard InChI is InChI=1S/C12H16Cl2N2O/c13-8-4-10(15)11(5-9(8)14)16-6-7-2-1-3-12(7)17/h4-5,7,12,16-17H,1-3,6,15H2. The Labute approximate surface area is 111 Å². The number of hydrogen-bond acceptors (Lipinski definition) is 3. The van der Waals surface area contributed by atoms with E-state index in [0.29, 0.717) is 28.2 Å². The molecule has 1 aromatic carbocycles. The number of hydrogen-bond donors (Lipinski definition) is 3. The van der Waals surface area contributed by atoms with Gasteiger partial charge in [-0.15, -0.1) is 0 Å². The number of anilines is 2. The monoisotopic (exact) mass is 274 g/mol. The highest BCUT2D eigenvalue weighted by atomic mass is 35.5. The maximum atomic E-state index is 9.72. The molecule has 1 aliphatic rings. The summed E-state index contributed by atoms with van der Waals surface area (Å²) in [5.41, 5.74) is 7.19. The van der Waals surface area contributed by atoms with Crippen molar-refractivity contribution in [3.8, 4) is 0 Å². The van der Waals surface area contributed by atoms with Crippen LogP contribution in [0.4, 0.5) is 11.4 Å². The molecule has 1 saturated carbocycles. The molecule has 0 bridgehead atoms. The van der Waals surface area contributed by atoms with E-state index in [4.69, 9.17) is 28.9 Å². The Bertz CT molecular complexity index is 412. The second-order valence-corrected chi connectivity index (χ2v) is 5.31. The summed E-state index contributed by atoms with van der Waals surface area (Å²) in [5.74, 6) is 0.295. The topological polar surface area (TPSA) is 58.3 Å². The number of nitrogens with two attached hydrogens (primary N) is 1. The van der Waals surface area contributed by atoms with Gasteiger partial charge in [0.2, 0.25) is 0 Å². The Balaban J connectivity index is 2.01. The first-order valence-electron chi connectivity index (χ1n) is 5.74. The Morgan fingerprint density at radius 3 is 2.65 bits per heavy atom. The van der Waals surface area contributed by atoms with E-state index in [-0.39, 0.29) is 6.10 Å². The van der Waals surface area contributed by atoms with Gasteiger partial charge in [-0.2, -0.15) is 0 Å². The maximum absolute atomic E-state index is 9.72. The molecule has 0 saturated heterocycles. The fourth-order valence-electron chi connectivity index (χ4n) is 2.21. The second kappa shape index (κ2) is 5.34. The van der Waals surface area contributed by atoms with Crippen LogP contribution >= 0.6 is 23.2 Å². The van der Waals surface area contributed by atoms with Crippen LogP contribution in [0.25, 0.3) is 0 Å². The number of nitrogen functional groups attached to an aromatic ring is 1. The maximum Gasteiger partial charge on any atom is 0.0614 e. The average molecular weight is 275 g/mol. The molecule has 0 aromatic heterocycles. The molecule has 0 spiro atoms. The van der Waals surface area contributed by atoms with Gasteiger partial charge in [-0.3, -0.25) is 0 Å². The number of nitrogens with one attached hydrogen (secondary N) is 1. The van der Waals surface area contributed by atoms with E-state index in [1.165, 1.54) is 0 Å². The molecule has 1 aromatic rings. The number of aliphatic hydroxyl groups excluding tert-OH is 1. The third-order valence-electron chi connectivity index (χ3n) is 3.27. The van der Waals surface area contributed by atoms with E-state index in [2.05, 4.69) is 5.32 Å². The SMILES string of the molecule is Nc1cc(Cl)c(Cl)cc1NCC1CCCC1O. The van der Waals surface area contributed by atoms with Crippen molar-refractivity contribution < 1.29 is 5.11 Å². The largest absolute Gasteiger partial charge is 0.397 e. The van der Waals surface area contributed by atoms with E-state index < -0.39 is 0 Å². The molecule has 5 heteroatoms. The van der Waals surface area contributed by atoms with E-state index >= 15 is 0 Å². The minimum Gasteiger partial charge on any atom is -0.397 e. The molecule has 17 heavy (non-hydrogen) atoms. The van der Waals surface area contributed by atoms with Crippen molar-refractivity contribution in [2.45, 2.75) is 25.4 Å². The Kier molecular flexibility index (Phi) is 4.02. The van der Waals surface area contributed by atoms with E-state index in [0.717, 1.165) is 24.9 Å². The smallest absolute Gasteiger partial charge is 0.0614 e. The first-order chi connectivity index (χ1) is 8.08. The van der Waals surface area contributed by atoms with Crippen molar-refractivity contribution in [2.24, 2.45) is 5.92 Å². The summed E-state index contributed by atoms with van der Waals surface area (Å²) in [6.45, 7) is 0.712. The molecule has 0 heterocycles. The van der Waals surface area contributed by atoms with Crippen molar-refractivity contribution in [1.82, 2.24) is 0 Å². The van der Waals surface area contributed by atoms with Gasteiger partial charge in [0, 0.05) is 12.5 Å².